The van der Waals surface area contributed by atoms with Crippen molar-refractivity contribution >= 4 is 5.82 Å². The van der Waals surface area contributed by atoms with Crippen molar-refractivity contribution in [3.63, 3.8) is 0 Å². The SMILES string of the molecule is CCc1cnc(C)nc1N1CC[C@@H](C(C)(C)O)C1. The predicted octanol–water partition coefficient (Wildman–Crippen LogP) is 1.94. The highest BCUT2D eigenvalue weighted by atomic mass is 16.3. The lowest BCUT2D eigenvalue weighted by Gasteiger charge is -2.26. The first kappa shape index (κ1) is 13.3. The minimum Gasteiger partial charge on any atom is -0.390 e. The molecule has 1 saturated heterocycles. The van der Waals surface area contributed by atoms with Crippen LogP contribution in [0.3, 0.4) is 0 Å². The first-order valence-electron chi connectivity index (χ1n) is 6.71. The predicted molar refractivity (Wildman–Crippen MR) is 72.8 cm³/mol. The van der Waals surface area contributed by atoms with Gasteiger partial charge in [0.15, 0.2) is 0 Å². The van der Waals surface area contributed by atoms with Gasteiger partial charge in [0, 0.05) is 30.8 Å². The lowest BCUT2D eigenvalue weighted by molar-refractivity contribution is 0.0263. The largest absolute Gasteiger partial charge is 0.390 e. The molecule has 0 aliphatic carbocycles. The summed E-state index contributed by atoms with van der Waals surface area (Å²) in [5.74, 6) is 2.18. The van der Waals surface area contributed by atoms with Crippen LogP contribution in [0.25, 0.3) is 0 Å². The monoisotopic (exact) mass is 249 g/mol. The van der Waals surface area contributed by atoms with Crippen molar-refractivity contribution in [2.45, 2.75) is 46.1 Å². The van der Waals surface area contributed by atoms with Crippen LogP contribution in [0.15, 0.2) is 6.20 Å². The maximum absolute atomic E-state index is 10.1. The van der Waals surface area contributed by atoms with Gasteiger partial charge in [-0.25, -0.2) is 9.97 Å². The van der Waals surface area contributed by atoms with Crippen LogP contribution in [-0.2, 0) is 6.42 Å². The number of hydrogen-bond donors (Lipinski definition) is 1. The molecule has 1 atom stereocenters. The fourth-order valence-corrected chi connectivity index (χ4v) is 2.54. The summed E-state index contributed by atoms with van der Waals surface area (Å²) in [6.07, 6.45) is 3.89. The van der Waals surface area contributed by atoms with Crippen molar-refractivity contribution in [1.82, 2.24) is 9.97 Å². The van der Waals surface area contributed by atoms with Gasteiger partial charge in [-0.1, -0.05) is 6.92 Å². The summed E-state index contributed by atoms with van der Waals surface area (Å²) < 4.78 is 0. The molecule has 18 heavy (non-hydrogen) atoms. The van der Waals surface area contributed by atoms with Crippen LogP contribution in [0.5, 0.6) is 0 Å². The lowest BCUT2D eigenvalue weighted by Crippen LogP contribution is -2.33. The Balaban J connectivity index is 2.21. The molecule has 1 aromatic rings. The van der Waals surface area contributed by atoms with E-state index in [4.69, 9.17) is 0 Å². The first-order valence-corrected chi connectivity index (χ1v) is 6.71. The Kier molecular flexibility index (Phi) is 3.57. The molecule has 1 aliphatic rings. The van der Waals surface area contributed by atoms with Gasteiger partial charge < -0.3 is 10.0 Å². The summed E-state index contributed by atoms with van der Waals surface area (Å²) in [6, 6.07) is 0. The number of aromatic nitrogens is 2. The second kappa shape index (κ2) is 4.84. The topological polar surface area (TPSA) is 49.2 Å². The zero-order chi connectivity index (χ0) is 13.3. The normalized spacial score (nSPS) is 20.5. The Morgan fingerprint density at radius 2 is 2.22 bits per heavy atom. The Labute approximate surface area is 109 Å². The number of rotatable bonds is 3. The van der Waals surface area contributed by atoms with Gasteiger partial charge in [-0.3, -0.25) is 0 Å². The summed E-state index contributed by atoms with van der Waals surface area (Å²) in [7, 11) is 0. The quantitative estimate of drug-likeness (QED) is 0.889. The molecule has 0 aromatic carbocycles. The Hall–Kier alpha value is -1.16. The maximum atomic E-state index is 10.1. The number of hydrogen-bond acceptors (Lipinski definition) is 4. The summed E-state index contributed by atoms with van der Waals surface area (Å²) in [4.78, 5) is 11.1. The third-order valence-electron chi connectivity index (χ3n) is 3.83. The molecule has 1 fully saturated rings. The minimum atomic E-state index is -0.608. The number of aryl methyl sites for hydroxylation is 2. The van der Waals surface area contributed by atoms with E-state index in [0.717, 1.165) is 37.6 Å². The zero-order valence-electron chi connectivity index (χ0n) is 11.8. The second-order valence-corrected chi connectivity index (χ2v) is 5.70. The smallest absolute Gasteiger partial charge is 0.135 e. The molecule has 0 radical (unpaired) electrons. The van der Waals surface area contributed by atoms with Crippen LogP contribution in [-0.4, -0.2) is 33.8 Å². The molecule has 4 heteroatoms. The van der Waals surface area contributed by atoms with Gasteiger partial charge in [0.05, 0.1) is 5.60 Å². The van der Waals surface area contributed by atoms with Crippen LogP contribution in [0, 0.1) is 12.8 Å². The van der Waals surface area contributed by atoms with Crippen LogP contribution >= 0.6 is 0 Å². The molecule has 2 heterocycles. The van der Waals surface area contributed by atoms with Crippen molar-refractivity contribution in [2.24, 2.45) is 5.92 Å². The van der Waals surface area contributed by atoms with Gasteiger partial charge >= 0.3 is 0 Å². The average Bonchev–Trinajstić information content (AvgIpc) is 2.77. The van der Waals surface area contributed by atoms with Gasteiger partial charge in [0.25, 0.3) is 0 Å². The Bertz CT molecular complexity index is 426. The van der Waals surface area contributed by atoms with Crippen LogP contribution < -0.4 is 4.90 Å². The lowest BCUT2D eigenvalue weighted by atomic mass is 9.90. The number of nitrogens with zero attached hydrogens (tertiary/aromatic N) is 3. The first-order chi connectivity index (χ1) is 8.41. The minimum absolute atomic E-state index is 0.317. The van der Waals surface area contributed by atoms with Crippen molar-refractivity contribution in [1.29, 1.82) is 0 Å². The molecule has 2 rings (SSSR count). The average molecular weight is 249 g/mol. The third-order valence-corrected chi connectivity index (χ3v) is 3.83. The molecule has 1 aliphatic heterocycles. The molecule has 100 valence electrons. The molecule has 1 N–H and O–H groups in total. The molecular weight excluding hydrogens is 226 g/mol. The van der Waals surface area contributed by atoms with E-state index < -0.39 is 5.60 Å². The maximum Gasteiger partial charge on any atom is 0.135 e. The highest BCUT2D eigenvalue weighted by molar-refractivity contribution is 5.47. The highest BCUT2D eigenvalue weighted by Gasteiger charge is 2.34. The van der Waals surface area contributed by atoms with Crippen molar-refractivity contribution in [3.05, 3.63) is 17.6 Å². The molecule has 1 aromatic heterocycles. The van der Waals surface area contributed by atoms with E-state index in [-0.39, 0.29) is 0 Å². The van der Waals surface area contributed by atoms with Crippen molar-refractivity contribution in [3.8, 4) is 0 Å². The van der Waals surface area contributed by atoms with Crippen LogP contribution in [0.2, 0.25) is 0 Å². The summed E-state index contributed by atoms with van der Waals surface area (Å²) >= 11 is 0. The van der Waals surface area contributed by atoms with E-state index in [1.54, 1.807) is 0 Å². The molecule has 4 nitrogen and oxygen atoms in total. The second-order valence-electron chi connectivity index (χ2n) is 5.70. The van der Waals surface area contributed by atoms with E-state index in [1.807, 2.05) is 27.0 Å². The summed E-state index contributed by atoms with van der Waals surface area (Å²) in [6.45, 7) is 9.69. The Morgan fingerprint density at radius 1 is 1.50 bits per heavy atom. The van der Waals surface area contributed by atoms with Crippen molar-refractivity contribution < 1.29 is 5.11 Å². The van der Waals surface area contributed by atoms with Gasteiger partial charge in [-0.15, -0.1) is 0 Å². The third kappa shape index (κ3) is 2.64. The van der Waals surface area contributed by atoms with Gasteiger partial charge in [-0.05, 0) is 33.6 Å². The molecule has 0 amide bonds. The highest BCUT2D eigenvalue weighted by Crippen LogP contribution is 2.31. The fraction of sp³-hybridized carbons (Fsp3) is 0.714. The molecule has 0 spiro atoms. The van der Waals surface area contributed by atoms with E-state index >= 15 is 0 Å². The van der Waals surface area contributed by atoms with E-state index in [1.165, 1.54) is 5.56 Å². The Morgan fingerprint density at radius 3 is 2.78 bits per heavy atom. The van der Waals surface area contributed by atoms with Crippen LogP contribution in [0.4, 0.5) is 5.82 Å². The van der Waals surface area contributed by atoms with Gasteiger partial charge in [0.1, 0.15) is 11.6 Å². The van der Waals surface area contributed by atoms with E-state index in [9.17, 15) is 5.11 Å². The molecule has 0 bridgehead atoms. The summed E-state index contributed by atoms with van der Waals surface area (Å²) in [5, 5.41) is 10.1. The van der Waals surface area contributed by atoms with Gasteiger partial charge in [-0.2, -0.15) is 0 Å². The van der Waals surface area contributed by atoms with Gasteiger partial charge in [0.2, 0.25) is 0 Å². The summed E-state index contributed by atoms with van der Waals surface area (Å²) in [5.41, 5.74) is 0.584. The fourth-order valence-electron chi connectivity index (χ4n) is 2.54. The zero-order valence-corrected chi connectivity index (χ0v) is 11.8. The molecular formula is C14H23N3O. The standard InChI is InChI=1S/C14H23N3O/c1-5-11-8-15-10(2)16-13(11)17-7-6-12(9-17)14(3,4)18/h8,12,18H,5-7,9H2,1-4H3/t12-/m1/s1. The van der Waals surface area contributed by atoms with Crippen LogP contribution in [0.1, 0.15) is 38.6 Å². The van der Waals surface area contributed by atoms with E-state index in [0.29, 0.717) is 5.92 Å². The van der Waals surface area contributed by atoms with Crippen molar-refractivity contribution in [2.75, 3.05) is 18.0 Å². The molecule has 0 saturated carbocycles. The van der Waals surface area contributed by atoms with E-state index in [2.05, 4.69) is 21.8 Å². The molecule has 0 unspecified atom stereocenters. The number of aliphatic hydroxyl groups is 1. The number of anilines is 1.